The maximum Gasteiger partial charge on any atom is 0.132 e. The van der Waals surface area contributed by atoms with Gasteiger partial charge in [-0.15, -0.1) is 0 Å². The minimum absolute atomic E-state index is 0.332. The molecule has 0 aliphatic carbocycles. The van der Waals surface area contributed by atoms with Crippen LogP contribution >= 0.6 is 0 Å². The number of carbonyl (C=O) groups is 1. The number of rotatable bonds is 6. The second-order valence-electron chi connectivity index (χ2n) is 5.15. The quantitative estimate of drug-likeness (QED) is 0.613. The van der Waals surface area contributed by atoms with E-state index in [1.54, 1.807) is 0 Å². The average molecular weight is 184 g/mol. The third-order valence-electron chi connectivity index (χ3n) is 2.44. The van der Waals surface area contributed by atoms with Gasteiger partial charge >= 0.3 is 0 Å². The lowest BCUT2D eigenvalue weighted by Crippen LogP contribution is -2.16. The Morgan fingerprint density at radius 2 is 1.85 bits per heavy atom. The number of ketones is 1. The third kappa shape index (κ3) is 6.80. The lowest BCUT2D eigenvalue weighted by molar-refractivity contribution is -0.119. The van der Waals surface area contributed by atoms with Gasteiger partial charge in [-0.2, -0.15) is 0 Å². The molecule has 0 rings (SSSR count). The molecule has 0 aliphatic heterocycles. The van der Waals surface area contributed by atoms with Crippen LogP contribution in [0, 0.1) is 11.3 Å². The Kier molecular flexibility index (Phi) is 5.27. The standard InChI is InChI=1S/C12H24O/c1-6-11(13)7-8-12(4,5)9-10(2)3/h10H,6-9H2,1-5H3. The van der Waals surface area contributed by atoms with Crippen LogP contribution in [0.2, 0.25) is 0 Å². The van der Waals surface area contributed by atoms with Gasteiger partial charge in [0.05, 0.1) is 0 Å². The molecule has 0 heterocycles. The Morgan fingerprint density at radius 1 is 1.31 bits per heavy atom. The van der Waals surface area contributed by atoms with Crippen LogP contribution in [0.15, 0.2) is 0 Å². The van der Waals surface area contributed by atoms with Crippen molar-refractivity contribution in [2.75, 3.05) is 0 Å². The Hall–Kier alpha value is -0.330. The van der Waals surface area contributed by atoms with E-state index in [4.69, 9.17) is 0 Å². The fourth-order valence-electron chi connectivity index (χ4n) is 1.86. The smallest absolute Gasteiger partial charge is 0.132 e. The van der Waals surface area contributed by atoms with E-state index in [9.17, 15) is 4.79 Å². The zero-order valence-corrected chi connectivity index (χ0v) is 9.81. The number of hydrogen-bond donors (Lipinski definition) is 0. The highest BCUT2D eigenvalue weighted by molar-refractivity contribution is 5.77. The summed E-state index contributed by atoms with van der Waals surface area (Å²) >= 11 is 0. The van der Waals surface area contributed by atoms with Gasteiger partial charge in [0.2, 0.25) is 0 Å². The van der Waals surface area contributed by atoms with Crippen molar-refractivity contribution in [3.8, 4) is 0 Å². The first-order chi connectivity index (χ1) is 5.87. The maximum atomic E-state index is 11.1. The summed E-state index contributed by atoms with van der Waals surface area (Å²) in [6, 6.07) is 0. The predicted molar refractivity (Wildman–Crippen MR) is 57.8 cm³/mol. The molecule has 78 valence electrons. The Balaban J connectivity index is 3.81. The van der Waals surface area contributed by atoms with Gasteiger partial charge in [-0.05, 0) is 24.2 Å². The van der Waals surface area contributed by atoms with Crippen molar-refractivity contribution >= 4 is 5.78 Å². The maximum absolute atomic E-state index is 11.1. The molecular weight excluding hydrogens is 160 g/mol. The SMILES string of the molecule is CCC(=O)CCC(C)(C)CC(C)C. The molecule has 0 aromatic rings. The monoisotopic (exact) mass is 184 g/mol. The van der Waals surface area contributed by atoms with Gasteiger partial charge in [0.15, 0.2) is 0 Å². The van der Waals surface area contributed by atoms with E-state index in [1.807, 2.05) is 6.92 Å². The van der Waals surface area contributed by atoms with Crippen molar-refractivity contribution in [3.05, 3.63) is 0 Å². The van der Waals surface area contributed by atoms with E-state index in [0.29, 0.717) is 17.6 Å². The summed E-state index contributed by atoms with van der Waals surface area (Å²) in [5.74, 6) is 1.13. The minimum Gasteiger partial charge on any atom is -0.300 e. The van der Waals surface area contributed by atoms with Crippen LogP contribution in [-0.4, -0.2) is 5.78 Å². The van der Waals surface area contributed by atoms with Gasteiger partial charge in [-0.3, -0.25) is 4.79 Å². The van der Waals surface area contributed by atoms with Crippen molar-refractivity contribution < 1.29 is 4.79 Å². The molecule has 1 nitrogen and oxygen atoms in total. The van der Waals surface area contributed by atoms with Crippen molar-refractivity contribution in [1.29, 1.82) is 0 Å². The molecule has 0 atom stereocenters. The van der Waals surface area contributed by atoms with Gasteiger partial charge in [0, 0.05) is 12.8 Å². The molecule has 0 bridgehead atoms. The average Bonchev–Trinajstić information content (AvgIpc) is 1.98. The third-order valence-corrected chi connectivity index (χ3v) is 2.44. The number of carbonyl (C=O) groups excluding carboxylic acids is 1. The fraction of sp³-hybridized carbons (Fsp3) is 0.917. The number of Topliss-reactive ketones (excluding diaryl/α,β-unsaturated/α-hetero) is 1. The first-order valence-corrected chi connectivity index (χ1v) is 5.39. The van der Waals surface area contributed by atoms with E-state index in [0.717, 1.165) is 18.8 Å². The molecular formula is C12H24O. The van der Waals surface area contributed by atoms with E-state index in [1.165, 1.54) is 6.42 Å². The highest BCUT2D eigenvalue weighted by Gasteiger charge is 2.19. The minimum atomic E-state index is 0.332. The van der Waals surface area contributed by atoms with Crippen LogP contribution in [0.4, 0.5) is 0 Å². The second-order valence-corrected chi connectivity index (χ2v) is 5.15. The van der Waals surface area contributed by atoms with Crippen LogP contribution < -0.4 is 0 Å². The van der Waals surface area contributed by atoms with Crippen molar-refractivity contribution in [3.63, 3.8) is 0 Å². The molecule has 0 aromatic carbocycles. The highest BCUT2D eigenvalue weighted by Crippen LogP contribution is 2.30. The molecule has 0 aliphatic rings. The van der Waals surface area contributed by atoms with E-state index < -0.39 is 0 Å². The largest absolute Gasteiger partial charge is 0.300 e. The number of hydrogen-bond acceptors (Lipinski definition) is 1. The highest BCUT2D eigenvalue weighted by atomic mass is 16.1. The summed E-state index contributed by atoms with van der Waals surface area (Å²) in [7, 11) is 0. The van der Waals surface area contributed by atoms with Gasteiger partial charge in [-0.1, -0.05) is 34.6 Å². The van der Waals surface area contributed by atoms with Gasteiger partial charge in [-0.25, -0.2) is 0 Å². The zero-order valence-electron chi connectivity index (χ0n) is 9.81. The van der Waals surface area contributed by atoms with Crippen molar-refractivity contribution in [1.82, 2.24) is 0 Å². The van der Waals surface area contributed by atoms with Gasteiger partial charge < -0.3 is 0 Å². The van der Waals surface area contributed by atoms with Crippen LogP contribution in [0.1, 0.15) is 60.3 Å². The first-order valence-electron chi connectivity index (χ1n) is 5.39. The normalized spacial score (nSPS) is 12.2. The van der Waals surface area contributed by atoms with Crippen molar-refractivity contribution in [2.24, 2.45) is 11.3 Å². The molecule has 0 radical (unpaired) electrons. The Bertz CT molecular complexity index is 157. The lowest BCUT2D eigenvalue weighted by atomic mass is 9.79. The van der Waals surface area contributed by atoms with Crippen LogP contribution in [0.3, 0.4) is 0 Å². The summed E-state index contributed by atoms with van der Waals surface area (Å²) in [6.45, 7) is 10.9. The summed E-state index contributed by atoms with van der Waals surface area (Å²) in [5.41, 5.74) is 0.332. The molecule has 0 saturated carbocycles. The van der Waals surface area contributed by atoms with Crippen molar-refractivity contribution in [2.45, 2.75) is 60.3 Å². The van der Waals surface area contributed by atoms with E-state index in [2.05, 4.69) is 27.7 Å². The van der Waals surface area contributed by atoms with Crippen LogP contribution in [0.5, 0.6) is 0 Å². The summed E-state index contributed by atoms with van der Waals surface area (Å²) in [4.78, 5) is 11.1. The molecule has 0 amide bonds. The molecule has 0 saturated heterocycles. The van der Waals surface area contributed by atoms with Gasteiger partial charge in [0.1, 0.15) is 5.78 Å². The molecule has 0 aromatic heterocycles. The fourth-order valence-corrected chi connectivity index (χ4v) is 1.86. The molecule has 0 N–H and O–H groups in total. The Labute approximate surface area is 82.9 Å². The molecule has 13 heavy (non-hydrogen) atoms. The lowest BCUT2D eigenvalue weighted by Gasteiger charge is -2.26. The second kappa shape index (κ2) is 5.41. The van der Waals surface area contributed by atoms with Crippen LogP contribution in [0.25, 0.3) is 0 Å². The predicted octanol–water partition coefficient (Wildman–Crippen LogP) is 3.82. The zero-order chi connectivity index (χ0) is 10.5. The molecule has 0 spiro atoms. The van der Waals surface area contributed by atoms with Gasteiger partial charge in [0.25, 0.3) is 0 Å². The van der Waals surface area contributed by atoms with E-state index in [-0.39, 0.29) is 0 Å². The molecule has 1 heteroatoms. The summed E-state index contributed by atoms with van der Waals surface area (Å²) in [5, 5.41) is 0. The summed E-state index contributed by atoms with van der Waals surface area (Å²) < 4.78 is 0. The first kappa shape index (κ1) is 12.7. The van der Waals surface area contributed by atoms with Crippen LogP contribution in [-0.2, 0) is 4.79 Å². The Morgan fingerprint density at radius 3 is 2.23 bits per heavy atom. The molecule has 0 unspecified atom stereocenters. The molecule has 0 fully saturated rings. The summed E-state index contributed by atoms with van der Waals surface area (Å²) in [6.07, 6.45) is 3.70. The van der Waals surface area contributed by atoms with E-state index >= 15 is 0 Å². The topological polar surface area (TPSA) is 17.1 Å².